The molecule has 0 saturated carbocycles. The molecule has 0 aliphatic heterocycles. The van der Waals surface area contributed by atoms with E-state index in [0.29, 0.717) is 5.92 Å². The van der Waals surface area contributed by atoms with E-state index in [1.54, 1.807) is 0 Å². The molecule has 0 spiro atoms. The van der Waals surface area contributed by atoms with Gasteiger partial charge < -0.3 is 0 Å². The molecular weight excluding hydrogens is 276 g/mol. The van der Waals surface area contributed by atoms with Crippen molar-refractivity contribution in [1.29, 1.82) is 0 Å². The number of hydrogen-bond donors (Lipinski definition) is 0. The van der Waals surface area contributed by atoms with E-state index in [4.69, 9.17) is 0 Å². The smallest absolute Gasteiger partial charge is 0.0136 e. The standard InChI is InChI=1S/C23H16/c1-2-5-16(4-1)8-9-17-10-11-20-13-12-18-6-3-7-19-14-15-21(17)23(20)22(18)19/h1-16H/b9-8+. The van der Waals surface area contributed by atoms with Gasteiger partial charge in [0.2, 0.25) is 0 Å². The zero-order valence-electron chi connectivity index (χ0n) is 12.7. The van der Waals surface area contributed by atoms with Crippen molar-refractivity contribution in [2.75, 3.05) is 0 Å². The molecule has 4 aromatic rings. The van der Waals surface area contributed by atoms with Gasteiger partial charge in [-0.15, -0.1) is 0 Å². The van der Waals surface area contributed by atoms with E-state index < -0.39 is 0 Å². The van der Waals surface area contributed by atoms with Gasteiger partial charge >= 0.3 is 0 Å². The molecule has 0 N–H and O–H groups in total. The summed E-state index contributed by atoms with van der Waals surface area (Å²) >= 11 is 0. The van der Waals surface area contributed by atoms with Crippen LogP contribution in [0.5, 0.6) is 0 Å². The molecule has 5 rings (SSSR count). The Morgan fingerprint density at radius 3 is 2.09 bits per heavy atom. The topological polar surface area (TPSA) is 0 Å². The predicted molar refractivity (Wildman–Crippen MR) is 101 cm³/mol. The lowest BCUT2D eigenvalue weighted by Crippen LogP contribution is -1.87. The summed E-state index contributed by atoms with van der Waals surface area (Å²) < 4.78 is 0. The fraction of sp³-hybridized carbons (Fsp3) is 0.0435. The molecule has 0 aromatic heterocycles. The van der Waals surface area contributed by atoms with Crippen molar-refractivity contribution in [2.45, 2.75) is 0 Å². The molecule has 1 aliphatic carbocycles. The Balaban J connectivity index is 1.80. The maximum Gasteiger partial charge on any atom is 0.0136 e. The molecule has 0 heteroatoms. The molecule has 0 bridgehead atoms. The van der Waals surface area contributed by atoms with Crippen LogP contribution in [0.2, 0.25) is 0 Å². The first kappa shape index (κ1) is 12.7. The zero-order valence-corrected chi connectivity index (χ0v) is 12.7. The third kappa shape index (κ3) is 1.92. The van der Waals surface area contributed by atoms with Crippen molar-refractivity contribution in [3.63, 3.8) is 0 Å². The normalized spacial score (nSPS) is 15.1. The van der Waals surface area contributed by atoms with Crippen molar-refractivity contribution in [3.8, 4) is 0 Å². The maximum atomic E-state index is 2.27. The number of hydrogen-bond acceptors (Lipinski definition) is 0. The summed E-state index contributed by atoms with van der Waals surface area (Å²) in [6, 6.07) is 20.0. The van der Waals surface area contributed by atoms with Gasteiger partial charge in [0, 0.05) is 5.92 Å². The minimum Gasteiger partial charge on any atom is -0.0738 e. The van der Waals surface area contributed by atoms with Crippen LogP contribution in [0.3, 0.4) is 0 Å². The van der Waals surface area contributed by atoms with Crippen molar-refractivity contribution in [1.82, 2.24) is 0 Å². The van der Waals surface area contributed by atoms with Gasteiger partial charge in [-0.3, -0.25) is 0 Å². The van der Waals surface area contributed by atoms with Crippen LogP contribution < -0.4 is 0 Å². The van der Waals surface area contributed by atoms with E-state index >= 15 is 0 Å². The van der Waals surface area contributed by atoms with Crippen LogP contribution in [0.4, 0.5) is 0 Å². The molecule has 1 aliphatic rings. The van der Waals surface area contributed by atoms with Crippen LogP contribution in [0.25, 0.3) is 38.4 Å². The quantitative estimate of drug-likeness (QED) is 0.378. The average molecular weight is 292 g/mol. The second-order valence-corrected chi connectivity index (χ2v) is 6.22. The van der Waals surface area contributed by atoms with Gasteiger partial charge in [0.25, 0.3) is 0 Å². The lowest BCUT2D eigenvalue weighted by molar-refractivity contribution is 1.10. The first-order chi connectivity index (χ1) is 11.4. The molecule has 0 heterocycles. The van der Waals surface area contributed by atoms with Crippen LogP contribution >= 0.6 is 0 Å². The van der Waals surface area contributed by atoms with Gasteiger partial charge in [0.15, 0.2) is 0 Å². The molecule has 0 fully saturated rings. The number of rotatable bonds is 2. The van der Waals surface area contributed by atoms with E-state index in [9.17, 15) is 0 Å². The Kier molecular flexibility index (Phi) is 2.65. The minimum atomic E-state index is 0.425. The Labute approximate surface area is 135 Å². The molecule has 4 aromatic carbocycles. The first-order valence-corrected chi connectivity index (χ1v) is 8.10. The SMILES string of the molecule is C1=CC(/C=C/c2ccc3ccc4cccc5ccc2c3c45)C=C1. The summed E-state index contributed by atoms with van der Waals surface area (Å²) in [5, 5.41) is 8.08. The van der Waals surface area contributed by atoms with Gasteiger partial charge in [0.05, 0.1) is 0 Å². The zero-order chi connectivity index (χ0) is 15.2. The highest BCUT2D eigenvalue weighted by Gasteiger charge is 2.09. The van der Waals surface area contributed by atoms with Crippen LogP contribution in [0, 0.1) is 5.92 Å². The second-order valence-electron chi connectivity index (χ2n) is 6.22. The Morgan fingerprint density at radius 2 is 1.30 bits per heavy atom. The summed E-state index contributed by atoms with van der Waals surface area (Å²) in [7, 11) is 0. The second kappa shape index (κ2) is 4.82. The highest BCUT2D eigenvalue weighted by atomic mass is 14.1. The van der Waals surface area contributed by atoms with Crippen molar-refractivity contribution >= 4 is 38.4 Å². The van der Waals surface area contributed by atoms with Gasteiger partial charge in [-0.05, 0) is 37.9 Å². The molecule has 0 unspecified atom stereocenters. The molecule has 108 valence electrons. The lowest BCUT2D eigenvalue weighted by atomic mass is 9.91. The summed E-state index contributed by atoms with van der Waals surface area (Å²) in [5.41, 5.74) is 1.30. The summed E-state index contributed by atoms with van der Waals surface area (Å²) in [6.07, 6.45) is 13.2. The van der Waals surface area contributed by atoms with Gasteiger partial charge in [-0.25, -0.2) is 0 Å². The third-order valence-corrected chi connectivity index (χ3v) is 4.84. The highest BCUT2D eigenvalue weighted by Crippen LogP contribution is 2.36. The largest absolute Gasteiger partial charge is 0.0738 e. The molecule has 23 heavy (non-hydrogen) atoms. The average Bonchev–Trinajstić information content (AvgIpc) is 3.12. The molecule has 0 radical (unpaired) electrons. The van der Waals surface area contributed by atoms with Gasteiger partial charge in [-0.1, -0.05) is 91.1 Å². The third-order valence-electron chi connectivity index (χ3n) is 4.84. The molecular formula is C23H16. The van der Waals surface area contributed by atoms with Crippen LogP contribution in [-0.4, -0.2) is 0 Å². The van der Waals surface area contributed by atoms with Gasteiger partial charge in [-0.2, -0.15) is 0 Å². The Hall–Kier alpha value is -2.86. The summed E-state index contributed by atoms with van der Waals surface area (Å²) in [6.45, 7) is 0. The monoisotopic (exact) mass is 292 g/mol. The predicted octanol–water partition coefficient (Wildman–Crippen LogP) is 6.34. The van der Waals surface area contributed by atoms with Crippen LogP contribution in [0.15, 0.2) is 85.0 Å². The fourth-order valence-corrected chi connectivity index (χ4v) is 3.70. The van der Waals surface area contributed by atoms with Crippen LogP contribution in [0.1, 0.15) is 5.56 Å². The van der Waals surface area contributed by atoms with Crippen LogP contribution in [-0.2, 0) is 0 Å². The highest BCUT2D eigenvalue weighted by molar-refractivity contribution is 6.24. The number of allylic oxidation sites excluding steroid dienone is 5. The minimum absolute atomic E-state index is 0.425. The summed E-state index contributed by atoms with van der Waals surface area (Å²) in [5.74, 6) is 0.425. The van der Waals surface area contributed by atoms with Crippen molar-refractivity contribution < 1.29 is 0 Å². The number of benzene rings is 4. The van der Waals surface area contributed by atoms with E-state index in [-0.39, 0.29) is 0 Å². The maximum absolute atomic E-state index is 2.27. The van der Waals surface area contributed by atoms with E-state index in [1.165, 1.54) is 37.9 Å². The van der Waals surface area contributed by atoms with E-state index in [2.05, 4.69) is 91.1 Å². The Bertz CT molecular complexity index is 1080. The molecule has 0 amide bonds. The molecule has 0 saturated heterocycles. The fourth-order valence-electron chi connectivity index (χ4n) is 3.70. The Morgan fingerprint density at radius 1 is 0.652 bits per heavy atom. The summed E-state index contributed by atoms with van der Waals surface area (Å²) in [4.78, 5) is 0. The molecule has 0 atom stereocenters. The first-order valence-electron chi connectivity index (χ1n) is 8.10. The van der Waals surface area contributed by atoms with E-state index in [0.717, 1.165) is 0 Å². The van der Waals surface area contributed by atoms with Gasteiger partial charge in [0.1, 0.15) is 0 Å². The lowest BCUT2D eigenvalue weighted by Gasteiger charge is -2.12. The van der Waals surface area contributed by atoms with Crippen molar-refractivity contribution in [3.05, 3.63) is 90.5 Å². The van der Waals surface area contributed by atoms with E-state index in [1.807, 2.05) is 0 Å². The van der Waals surface area contributed by atoms with Crippen molar-refractivity contribution in [2.24, 2.45) is 5.92 Å². The molecule has 0 nitrogen and oxygen atoms in total.